The van der Waals surface area contributed by atoms with E-state index in [4.69, 9.17) is 11.5 Å². The first-order valence-electron chi connectivity index (χ1n) is 6.44. The summed E-state index contributed by atoms with van der Waals surface area (Å²) in [6, 6.07) is 7.62. The molecule has 1 heterocycles. The minimum Gasteiger partial charge on any atom is -0.397 e. The van der Waals surface area contributed by atoms with Crippen LogP contribution in [0.3, 0.4) is 0 Å². The molecule has 0 fully saturated rings. The third kappa shape index (κ3) is 2.94. The number of primary amides is 1. The summed E-state index contributed by atoms with van der Waals surface area (Å²) in [5.74, 6) is -0.572. The number of aromatic nitrogens is 1. The largest absolute Gasteiger partial charge is 0.397 e. The quantitative estimate of drug-likeness (QED) is 0.902. The van der Waals surface area contributed by atoms with Crippen molar-refractivity contribution >= 4 is 17.4 Å². The lowest BCUT2D eigenvalue weighted by Gasteiger charge is -2.28. The van der Waals surface area contributed by atoms with Crippen molar-refractivity contribution in [2.45, 2.75) is 13.0 Å². The maximum Gasteiger partial charge on any atom is 0.252 e. The van der Waals surface area contributed by atoms with Crippen molar-refractivity contribution in [3.05, 3.63) is 53.5 Å². The number of nitrogen functional groups attached to an aromatic ring is 1. The van der Waals surface area contributed by atoms with E-state index in [0.717, 1.165) is 0 Å². The van der Waals surface area contributed by atoms with Crippen molar-refractivity contribution in [3.63, 3.8) is 0 Å². The van der Waals surface area contributed by atoms with E-state index in [1.165, 1.54) is 18.3 Å². The molecule has 1 unspecified atom stereocenters. The smallest absolute Gasteiger partial charge is 0.252 e. The second kappa shape index (κ2) is 5.78. The number of carbonyl (C=O) groups excluding carboxylic acids is 1. The third-order valence-electron chi connectivity index (χ3n) is 3.42. The van der Waals surface area contributed by atoms with Gasteiger partial charge in [0.1, 0.15) is 11.6 Å². The predicted octanol–water partition coefficient (Wildman–Crippen LogP) is 2.10. The van der Waals surface area contributed by atoms with E-state index >= 15 is 0 Å². The molecule has 0 saturated heterocycles. The van der Waals surface area contributed by atoms with Crippen LogP contribution >= 0.6 is 0 Å². The number of hydrogen-bond donors (Lipinski definition) is 2. The molecular weight excluding hydrogens is 271 g/mol. The Morgan fingerprint density at radius 2 is 2.05 bits per heavy atom. The van der Waals surface area contributed by atoms with Gasteiger partial charge in [0, 0.05) is 12.6 Å². The molecular formula is C15H17FN4O. The highest BCUT2D eigenvalue weighted by Crippen LogP contribution is 2.28. The fraction of sp³-hybridized carbons (Fsp3) is 0.200. The van der Waals surface area contributed by atoms with E-state index in [2.05, 4.69) is 4.98 Å². The molecule has 1 atom stereocenters. The number of hydrogen-bond acceptors (Lipinski definition) is 4. The molecule has 6 heteroatoms. The molecule has 0 spiro atoms. The van der Waals surface area contributed by atoms with Crippen LogP contribution < -0.4 is 16.4 Å². The first-order chi connectivity index (χ1) is 9.91. The van der Waals surface area contributed by atoms with Crippen molar-refractivity contribution in [2.24, 2.45) is 5.73 Å². The molecule has 0 aliphatic carbocycles. The van der Waals surface area contributed by atoms with Gasteiger partial charge in [-0.2, -0.15) is 0 Å². The van der Waals surface area contributed by atoms with Crippen molar-refractivity contribution in [1.29, 1.82) is 0 Å². The van der Waals surface area contributed by atoms with Gasteiger partial charge in [-0.15, -0.1) is 0 Å². The zero-order chi connectivity index (χ0) is 15.6. The predicted molar refractivity (Wildman–Crippen MR) is 80.4 cm³/mol. The Labute approximate surface area is 122 Å². The van der Waals surface area contributed by atoms with E-state index in [1.807, 2.05) is 6.92 Å². The van der Waals surface area contributed by atoms with E-state index in [0.29, 0.717) is 17.1 Å². The number of benzene rings is 1. The lowest BCUT2D eigenvalue weighted by molar-refractivity contribution is 0.100. The molecule has 0 radical (unpaired) electrons. The third-order valence-corrected chi connectivity index (χ3v) is 3.42. The molecule has 0 aliphatic heterocycles. The summed E-state index contributed by atoms with van der Waals surface area (Å²) < 4.78 is 13.9. The summed E-state index contributed by atoms with van der Waals surface area (Å²) in [4.78, 5) is 17.4. The Hall–Kier alpha value is -2.63. The monoisotopic (exact) mass is 288 g/mol. The van der Waals surface area contributed by atoms with E-state index < -0.39 is 5.91 Å². The molecule has 1 aromatic heterocycles. The fourth-order valence-corrected chi connectivity index (χ4v) is 2.14. The molecule has 2 rings (SSSR count). The van der Waals surface area contributed by atoms with E-state index in [9.17, 15) is 9.18 Å². The molecule has 5 nitrogen and oxygen atoms in total. The average Bonchev–Trinajstić information content (AvgIpc) is 2.46. The highest BCUT2D eigenvalue weighted by Gasteiger charge is 2.21. The standard InChI is InChI=1S/C15H17FN4O/c1-9(11-5-3-4-6-13(11)16)20(2)15-12(14(18)21)7-10(17)8-19-15/h3-9H,17H2,1-2H3,(H2,18,21). The van der Waals surface area contributed by atoms with Crippen molar-refractivity contribution < 1.29 is 9.18 Å². The Morgan fingerprint density at radius 3 is 2.67 bits per heavy atom. The summed E-state index contributed by atoms with van der Waals surface area (Å²) in [7, 11) is 1.72. The second-order valence-electron chi connectivity index (χ2n) is 4.81. The topological polar surface area (TPSA) is 85.2 Å². The fourth-order valence-electron chi connectivity index (χ4n) is 2.14. The summed E-state index contributed by atoms with van der Waals surface area (Å²) in [5, 5.41) is 0. The van der Waals surface area contributed by atoms with Gasteiger partial charge in [0.2, 0.25) is 0 Å². The molecule has 0 bridgehead atoms. The highest BCUT2D eigenvalue weighted by molar-refractivity contribution is 5.98. The van der Waals surface area contributed by atoms with Gasteiger partial charge in [-0.3, -0.25) is 4.79 Å². The van der Waals surface area contributed by atoms with Gasteiger partial charge in [0.15, 0.2) is 0 Å². The SMILES string of the molecule is CC(c1ccccc1F)N(C)c1ncc(N)cc1C(N)=O. The number of rotatable bonds is 4. The van der Waals surface area contributed by atoms with Gasteiger partial charge in [-0.25, -0.2) is 9.37 Å². The maximum atomic E-state index is 13.9. The molecule has 21 heavy (non-hydrogen) atoms. The molecule has 1 aromatic carbocycles. The number of carbonyl (C=O) groups is 1. The molecule has 2 aromatic rings. The van der Waals surface area contributed by atoms with Crippen LogP contribution in [0.2, 0.25) is 0 Å². The maximum absolute atomic E-state index is 13.9. The molecule has 1 amide bonds. The molecule has 4 N–H and O–H groups in total. The number of nitrogens with two attached hydrogens (primary N) is 2. The second-order valence-corrected chi connectivity index (χ2v) is 4.81. The van der Waals surface area contributed by atoms with E-state index in [1.54, 1.807) is 30.1 Å². The molecule has 110 valence electrons. The van der Waals surface area contributed by atoms with Gasteiger partial charge >= 0.3 is 0 Å². The lowest BCUT2D eigenvalue weighted by atomic mass is 10.1. The first-order valence-corrected chi connectivity index (χ1v) is 6.44. The first kappa shape index (κ1) is 14.8. The summed E-state index contributed by atoms with van der Waals surface area (Å²) in [6.45, 7) is 1.82. The Morgan fingerprint density at radius 1 is 1.38 bits per heavy atom. The van der Waals surface area contributed by atoms with Crippen molar-refractivity contribution in [1.82, 2.24) is 4.98 Å². The molecule has 0 saturated carbocycles. The van der Waals surface area contributed by atoms with Crippen LogP contribution in [0.5, 0.6) is 0 Å². The van der Waals surface area contributed by atoms with Crippen LogP contribution in [0.25, 0.3) is 0 Å². The highest BCUT2D eigenvalue weighted by atomic mass is 19.1. The van der Waals surface area contributed by atoms with Crippen LogP contribution in [0.1, 0.15) is 28.9 Å². The van der Waals surface area contributed by atoms with E-state index in [-0.39, 0.29) is 17.4 Å². The van der Waals surface area contributed by atoms with Gasteiger partial charge in [0.25, 0.3) is 5.91 Å². The number of anilines is 2. The minimum atomic E-state index is -0.627. The minimum absolute atomic E-state index is 0.209. The van der Waals surface area contributed by atoms with Crippen molar-refractivity contribution in [2.75, 3.05) is 17.7 Å². The number of nitrogens with zero attached hydrogens (tertiary/aromatic N) is 2. The van der Waals surface area contributed by atoms with Crippen LogP contribution in [-0.2, 0) is 0 Å². The Kier molecular flexibility index (Phi) is 4.07. The zero-order valence-corrected chi connectivity index (χ0v) is 11.9. The van der Waals surface area contributed by atoms with Crippen LogP contribution in [-0.4, -0.2) is 17.9 Å². The normalized spacial score (nSPS) is 12.0. The summed E-state index contributed by atoms with van der Waals surface area (Å²) in [6.07, 6.45) is 1.44. The number of pyridine rings is 1. The Bertz CT molecular complexity index is 674. The summed E-state index contributed by atoms with van der Waals surface area (Å²) >= 11 is 0. The zero-order valence-electron chi connectivity index (χ0n) is 11.9. The summed E-state index contributed by atoms with van der Waals surface area (Å²) in [5.41, 5.74) is 12.0. The van der Waals surface area contributed by atoms with Crippen LogP contribution in [0, 0.1) is 5.82 Å². The molecule has 0 aliphatic rings. The lowest BCUT2D eigenvalue weighted by Crippen LogP contribution is -2.27. The van der Waals surface area contributed by atoms with Crippen molar-refractivity contribution in [3.8, 4) is 0 Å². The number of amides is 1. The van der Waals surface area contributed by atoms with Gasteiger partial charge in [-0.05, 0) is 19.1 Å². The van der Waals surface area contributed by atoms with Gasteiger partial charge < -0.3 is 16.4 Å². The Balaban J connectivity index is 2.43. The average molecular weight is 288 g/mol. The van der Waals surface area contributed by atoms with Crippen LogP contribution in [0.15, 0.2) is 36.5 Å². The van der Waals surface area contributed by atoms with Crippen LogP contribution in [0.4, 0.5) is 15.9 Å². The van der Waals surface area contributed by atoms with Gasteiger partial charge in [0.05, 0.1) is 23.5 Å². The number of halogens is 1. The van der Waals surface area contributed by atoms with Gasteiger partial charge in [-0.1, -0.05) is 18.2 Å².